The lowest BCUT2D eigenvalue weighted by atomic mass is 10.0. The zero-order valence-electron chi connectivity index (χ0n) is 13.4. The highest BCUT2D eigenvalue weighted by atomic mass is 16.3. The molecule has 0 radical (unpaired) electrons. The van der Waals surface area contributed by atoms with Gasteiger partial charge < -0.3 is 5.11 Å². The molecule has 1 heterocycles. The van der Waals surface area contributed by atoms with Crippen LogP contribution in [0.3, 0.4) is 0 Å². The third-order valence-electron chi connectivity index (χ3n) is 4.18. The number of aliphatic hydroxyl groups is 1. The van der Waals surface area contributed by atoms with Gasteiger partial charge in [0.05, 0.1) is 17.3 Å². The van der Waals surface area contributed by atoms with Gasteiger partial charge in [-0.05, 0) is 12.5 Å². The van der Waals surface area contributed by atoms with E-state index in [4.69, 9.17) is 0 Å². The largest absolute Gasteiger partial charge is 0.387 e. The van der Waals surface area contributed by atoms with Crippen LogP contribution in [0, 0.1) is 0 Å². The van der Waals surface area contributed by atoms with Gasteiger partial charge in [-0.1, -0.05) is 70.1 Å². The van der Waals surface area contributed by atoms with Gasteiger partial charge in [-0.25, -0.2) is 0 Å². The number of hydrogen-bond acceptors (Lipinski definition) is 2. The molecule has 1 unspecified atom stereocenters. The third kappa shape index (κ3) is 4.31. The molecular weight excluding hydrogens is 260 g/mol. The fraction of sp³-hybridized carbons (Fsp3) is 0.611. The van der Waals surface area contributed by atoms with Crippen LogP contribution in [0.4, 0.5) is 0 Å². The fourth-order valence-electron chi connectivity index (χ4n) is 2.92. The Kier molecular flexibility index (Phi) is 6.24. The molecule has 116 valence electrons. The number of benzene rings is 1. The van der Waals surface area contributed by atoms with Crippen LogP contribution in [0.5, 0.6) is 0 Å². The average molecular weight is 288 g/mol. The third-order valence-corrected chi connectivity index (χ3v) is 4.18. The second-order valence-corrected chi connectivity index (χ2v) is 5.95. The van der Waals surface area contributed by atoms with Crippen LogP contribution in [0.15, 0.2) is 24.3 Å². The fourth-order valence-corrected chi connectivity index (χ4v) is 2.92. The van der Waals surface area contributed by atoms with Gasteiger partial charge in [0.2, 0.25) is 0 Å². The van der Waals surface area contributed by atoms with Gasteiger partial charge >= 0.3 is 0 Å². The zero-order valence-corrected chi connectivity index (χ0v) is 13.4. The molecule has 1 atom stereocenters. The van der Waals surface area contributed by atoms with Crippen molar-refractivity contribution in [3.05, 3.63) is 30.0 Å². The lowest BCUT2D eigenvalue weighted by Crippen LogP contribution is -2.00. The molecule has 21 heavy (non-hydrogen) atoms. The van der Waals surface area contributed by atoms with Crippen LogP contribution >= 0.6 is 0 Å². The molecule has 1 aromatic carbocycles. The Morgan fingerprint density at radius 1 is 1.05 bits per heavy atom. The van der Waals surface area contributed by atoms with Crippen molar-refractivity contribution in [3.8, 4) is 0 Å². The van der Waals surface area contributed by atoms with Crippen molar-refractivity contribution in [2.45, 2.75) is 64.4 Å². The molecule has 0 bridgehead atoms. The summed E-state index contributed by atoms with van der Waals surface area (Å²) in [6.07, 6.45) is 9.29. The van der Waals surface area contributed by atoms with Crippen LogP contribution in [0.1, 0.15) is 70.1 Å². The van der Waals surface area contributed by atoms with E-state index in [-0.39, 0.29) is 0 Å². The first-order valence-corrected chi connectivity index (χ1v) is 8.33. The number of hydrogen-bond donors (Lipinski definition) is 1. The number of aliphatic hydroxyl groups excluding tert-OH is 1. The molecule has 3 nitrogen and oxygen atoms in total. The molecule has 0 spiro atoms. The highest BCUT2D eigenvalue weighted by Crippen LogP contribution is 2.26. The van der Waals surface area contributed by atoms with Crippen molar-refractivity contribution in [2.75, 3.05) is 0 Å². The van der Waals surface area contributed by atoms with E-state index >= 15 is 0 Å². The smallest absolute Gasteiger partial charge is 0.0988 e. The molecule has 2 aromatic rings. The number of para-hydroxylation sites is 1. The summed E-state index contributed by atoms with van der Waals surface area (Å²) in [5.74, 6) is 0. The van der Waals surface area contributed by atoms with Crippen LogP contribution in [0.2, 0.25) is 0 Å². The predicted molar refractivity (Wildman–Crippen MR) is 88.3 cm³/mol. The minimum absolute atomic E-state index is 0.438. The van der Waals surface area contributed by atoms with E-state index in [1.54, 1.807) is 0 Å². The predicted octanol–water partition coefficient (Wildman–Crippen LogP) is 4.75. The maximum absolute atomic E-state index is 10.4. The van der Waals surface area contributed by atoms with Gasteiger partial charge in [-0.2, -0.15) is 5.10 Å². The van der Waals surface area contributed by atoms with Gasteiger partial charge in [-0.15, -0.1) is 0 Å². The molecular formula is C18H28N2O. The minimum Gasteiger partial charge on any atom is -0.387 e. The molecule has 0 amide bonds. The normalized spacial score (nSPS) is 12.9. The van der Waals surface area contributed by atoms with Crippen molar-refractivity contribution in [1.82, 2.24) is 9.78 Å². The molecule has 0 saturated heterocycles. The summed E-state index contributed by atoms with van der Waals surface area (Å²) in [5, 5.41) is 16.0. The first-order valence-electron chi connectivity index (χ1n) is 8.33. The van der Waals surface area contributed by atoms with Gasteiger partial charge in [0.1, 0.15) is 0 Å². The molecule has 0 fully saturated rings. The second kappa shape index (κ2) is 8.18. The SMILES string of the molecule is CCCCCCCCCC(O)c1nn(C)c2ccccc12. The number of unbranched alkanes of at least 4 members (excludes halogenated alkanes) is 6. The molecule has 1 aromatic heterocycles. The Hall–Kier alpha value is -1.35. The number of nitrogens with zero attached hydrogens (tertiary/aromatic N) is 2. The molecule has 2 rings (SSSR count). The van der Waals surface area contributed by atoms with Gasteiger partial charge in [0.25, 0.3) is 0 Å². The Morgan fingerprint density at radius 2 is 1.71 bits per heavy atom. The van der Waals surface area contributed by atoms with Crippen LogP contribution in [-0.2, 0) is 7.05 Å². The maximum atomic E-state index is 10.4. The molecule has 0 aliphatic carbocycles. The van der Waals surface area contributed by atoms with E-state index < -0.39 is 6.10 Å². The Morgan fingerprint density at radius 3 is 2.48 bits per heavy atom. The number of fused-ring (bicyclic) bond motifs is 1. The van der Waals surface area contributed by atoms with E-state index in [1.165, 1.54) is 38.5 Å². The number of aromatic nitrogens is 2. The average Bonchev–Trinajstić information content (AvgIpc) is 2.84. The zero-order chi connectivity index (χ0) is 15.1. The van der Waals surface area contributed by atoms with Crippen LogP contribution < -0.4 is 0 Å². The van der Waals surface area contributed by atoms with E-state index in [2.05, 4.69) is 12.0 Å². The van der Waals surface area contributed by atoms with Crippen molar-refractivity contribution >= 4 is 10.9 Å². The van der Waals surface area contributed by atoms with E-state index in [0.717, 1.165) is 29.4 Å². The monoisotopic (exact) mass is 288 g/mol. The minimum atomic E-state index is -0.438. The Balaban J connectivity index is 1.81. The lowest BCUT2D eigenvalue weighted by molar-refractivity contribution is 0.159. The standard InChI is InChI=1S/C18H28N2O/c1-3-4-5-6-7-8-9-14-17(21)18-15-12-10-11-13-16(15)20(2)19-18/h10-13,17,21H,3-9,14H2,1-2H3. The van der Waals surface area contributed by atoms with Crippen LogP contribution in [0.25, 0.3) is 10.9 Å². The van der Waals surface area contributed by atoms with Gasteiger partial charge in [0, 0.05) is 12.4 Å². The number of aryl methyl sites for hydroxylation is 1. The van der Waals surface area contributed by atoms with Crippen molar-refractivity contribution < 1.29 is 5.11 Å². The summed E-state index contributed by atoms with van der Waals surface area (Å²) >= 11 is 0. The van der Waals surface area contributed by atoms with E-state index in [1.807, 2.05) is 36.0 Å². The first-order chi connectivity index (χ1) is 10.2. The molecule has 0 aliphatic rings. The molecule has 3 heteroatoms. The van der Waals surface area contributed by atoms with Gasteiger partial charge in [-0.3, -0.25) is 4.68 Å². The van der Waals surface area contributed by atoms with E-state index in [0.29, 0.717) is 0 Å². The van der Waals surface area contributed by atoms with E-state index in [9.17, 15) is 5.11 Å². The Labute approximate surface area is 128 Å². The first kappa shape index (κ1) is 16.0. The Bertz CT molecular complexity index is 547. The second-order valence-electron chi connectivity index (χ2n) is 5.95. The summed E-state index contributed by atoms with van der Waals surface area (Å²) in [6.45, 7) is 2.24. The molecule has 1 N–H and O–H groups in total. The van der Waals surface area contributed by atoms with Crippen LogP contribution in [-0.4, -0.2) is 14.9 Å². The van der Waals surface area contributed by atoms with Crippen molar-refractivity contribution in [3.63, 3.8) is 0 Å². The quantitative estimate of drug-likeness (QED) is 0.676. The summed E-state index contributed by atoms with van der Waals surface area (Å²) in [7, 11) is 1.94. The lowest BCUT2D eigenvalue weighted by Gasteiger charge is -2.08. The summed E-state index contributed by atoms with van der Waals surface area (Å²) < 4.78 is 1.86. The number of rotatable bonds is 9. The van der Waals surface area contributed by atoms with Crippen molar-refractivity contribution in [1.29, 1.82) is 0 Å². The highest BCUT2D eigenvalue weighted by Gasteiger charge is 2.15. The molecule has 0 saturated carbocycles. The van der Waals surface area contributed by atoms with Gasteiger partial charge in [0.15, 0.2) is 0 Å². The summed E-state index contributed by atoms with van der Waals surface area (Å²) in [5.41, 5.74) is 1.92. The summed E-state index contributed by atoms with van der Waals surface area (Å²) in [4.78, 5) is 0. The van der Waals surface area contributed by atoms with Crippen molar-refractivity contribution in [2.24, 2.45) is 7.05 Å². The highest BCUT2D eigenvalue weighted by molar-refractivity contribution is 5.82. The summed E-state index contributed by atoms with van der Waals surface area (Å²) in [6, 6.07) is 8.11. The molecule has 0 aliphatic heterocycles. The maximum Gasteiger partial charge on any atom is 0.0988 e. The topological polar surface area (TPSA) is 38.1 Å².